The number of ether oxygens (including phenoxy) is 1. The maximum atomic E-state index is 11.0. The van der Waals surface area contributed by atoms with Gasteiger partial charge >= 0.3 is 5.97 Å². The largest absolute Gasteiger partial charge is 0.462 e. The topological polar surface area (TPSA) is 26.3 Å². The van der Waals surface area contributed by atoms with Crippen LogP contribution >= 0.6 is 0 Å². The summed E-state index contributed by atoms with van der Waals surface area (Å²) in [4.78, 5) is 11.0. The van der Waals surface area contributed by atoms with Gasteiger partial charge in [-0.3, -0.25) is 0 Å². The van der Waals surface area contributed by atoms with Crippen LogP contribution in [0.15, 0.2) is 36.4 Å². The van der Waals surface area contributed by atoms with Crippen LogP contribution in [0.25, 0.3) is 0 Å². The molecule has 0 unspecified atom stereocenters. The molecule has 0 N–H and O–H groups in total. The van der Waals surface area contributed by atoms with E-state index in [0.29, 0.717) is 6.61 Å². The Morgan fingerprint density at radius 1 is 1.40 bits per heavy atom. The van der Waals surface area contributed by atoms with E-state index in [1.165, 1.54) is 17.2 Å². The standard InChI is InChI=1S/C13H16O2/c1-3-6-13(14)15-10-9-12-8-5-4-7-11(12)2/h3-8H,9-10H2,1-2H3. The Kier molecular flexibility index (Phi) is 4.61. The average molecular weight is 204 g/mol. The molecule has 0 aliphatic rings. The highest BCUT2D eigenvalue weighted by Crippen LogP contribution is 2.07. The highest BCUT2D eigenvalue weighted by molar-refractivity contribution is 5.81. The molecule has 0 spiro atoms. The molecule has 0 aliphatic carbocycles. The minimum Gasteiger partial charge on any atom is -0.462 e. The maximum absolute atomic E-state index is 11.0. The Morgan fingerprint density at radius 2 is 2.13 bits per heavy atom. The van der Waals surface area contributed by atoms with Crippen LogP contribution in [0.5, 0.6) is 0 Å². The van der Waals surface area contributed by atoms with Gasteiger partial charge in [-0.15, -0.1) is 0 Å². The second kappa shape index (κ2) is 6.02. The lowest BCUT2D eigenvalue weighted by Gasteiger charge is -2.05. The molecule has 2 heteroatoms. The van der Waals surface area contributed by atoms with Gasteiger partial charge in [-0.1, -0.05) is 30.3 Å². The summed E-state index contributed by atoms with van der Waals surface area (Å²) in [6, 6.07) is 8.11. The van der Waals surface area contributed by atoms with Crippen LogP contribution in [-0.4, -0.2) is 12.6 Å². The number of allylic oxidation sites excluding steroid dienone is 1. The molecule has 0 atom stereocenters. The van der Waals surface area contributed by atoms with Gasteiger partial charge in [0.2, 0.25) is 0 Å². The summed E-state index contributed by atoms with van der Waals surface area (Å²) in [5.74, 6) is -0.272. The van der Waals surface area contributed by atoms with Gasteiger partial charge in [-0.05, 0) is 25.0 Å². The SMILES string of the molecule is CC=CC(=O)OCCc1ccccc1C. The van der Waals surface area contributed by atoms with Crippen molar-refractivity contribution in [2.45, 2.75) is 20.3 Å². The summed E-state index contributed by atoms with van der Waals surface area (Å²) < 4.78 is 5.02. The van der Waals surface area contributed by atoms with Crippen LogP contribution in [0.2, 0.25) is 0 Å². The van der Waals surface area contributed by atoms with Crippen LogP contribution in [0, 0.1) is 6.92 Å². The molecule has 0 fully saturated rings. The molecule has 0 bridgehead atoms. The number of benzene rings is 1. The van der Waals surface area contributed by atoms with E-state index in [0.717, 1.165) is 6.42 Å². The van der Waals surface area contributed by atoms with Crippen LogP contribution in [0.1, 0.15) is 18.1 Å². The zero-order chi connectivity index (χ0) is 11.1. The number of hydrogen-bond acceptors (Lipinski definition) is 2. The third kappa shape index (κ3) is 3.98. The van der Waals surface area contributed by atoms with E-state index in [2.05, 4.69) is 19.1 Å². The van der Waals surface area contributed by atoms with E-state index in [1.54, 1.807) is 13.0 Å². The third-order valence-electron chi connectivity index (χ3n) is 2.18. The number of rotatable bonds is 4. The van der Waals surface area contributed by atoms with Gasteiger partial charge in [-0.25, -0.2) is 4.79 Å². The molecule has 0 saturated heterocycles. The molecule has 0 radical (unpaired) electrons. The average Bonchev–Trinajstić information content (AvgIpc) is 2.21. The van der Waals surface area contributed by atoms with Gasteiger partial charge in [0.05, 0.1) is 6.61 Å². The highest BCUT2D eigenvalue weighted by Gasteiger charge is 1.99. The molecular formula is C13H16O2. The molecule has 2 nitrogen and oxygen atoms in total. The molecule has 1 aromatic rings. The summed E-state index contributed by atoms with van der Waals surface area (Å²) in [5.41, 5.74) is 2.46. The number of carbonyl (C=O) groups excluding carboxylic acids is 1. The Hall–Kier alpha value is -1.57. The van der Waals surface area contributed by atoms with Gasteiger partial charge in [0.1, 0.15) is 0 Å². The zero-order valence-electron chi connectivity index (χ0n) is 9.19. The molecule has 1 aromatic carbocycles. The first kappa shape index (κ1) is 11.5. The second-order valence-corrected chi connectivity index (χ2v) is 3.34. The van der Waals surface area contributed by atoms with Crippen molar-refractivity contribution >= 4 is 5.97 Å². The van der Waals surface area contributed by atoms with Crippen molar-refractivity contribution in [2.75, 3.05) is 6.61 Å². The Labute approximate surface area is 90.6 Å². The minimum atomic E-state index is -0.272. The van der Waals surface area contributed by atoms with E-state index in [1.807, 2.05) is 12.1 Å². The van der Waals surface area contributed by atoms with Crippen molar-refractivity contribution in [1.29, 1.82) is 0 Å². The molecule has 0 aromatic heterocycles. The van der Waals surface area contributed by atoms with Crippen molar-refractivity contribution < 1.29 is 9.53 Å². The van der Waals surface area contributed by atoms with Crippen molar-refractivity contribution in [3.8, 4) is 0 Å². The summed E-state index contributed by atoms with van der Waals surface area (Å²) in [6.07, 6.45) is 3.88. The highest BCUT2D eigenvalue weighted by atomic mass is 16.5. The quantitative estimate of drug-likeness (QED) is 0.556. The van der Waals surface area contributed by atoms with Crippen LogP contribution in [0.3, 0.4) is 0 Å². The normalized spacial score (nSPS) is 10.5. The van der Waals surface area contributed by atoms with E-state index in [-0.39, 0.29) is 5.97 Å². The third-order valence-corrected chi connectivity index (χ3v) is 2.18. The summed E-state index contributed by atoms with van der Waals surface area (Å²) in [7, 11) is 0. The number of esters is 1. The van der Waals surface area contributed by atoms with Gasteiger partial charge < -0.3 is 4.74 Å². The van der Waals surface area contributed by atoms with Crippen molar-refractivity contribution in [3.63, 3.8) is 0 Å². The van der Waals surface area contributed by atoms with Gasteiger partial charge in [-0.2, -0.15) is 0 Å². The van der Waals surface area contributed by atoms with Crippen LogP contribution in [0.4, 0.5) is 0 Å². The smallest absolute Gasteiger partial charge is 0.330 e. The fourth-order valence-corrected chi connectivity index (χ4v) is 1.34. The van der Waals surface area contributed by atoms with Crippen molar-refractivity contribution in [3.05, 3.63) is 47.5 Å². The molecule has 0 aliphatic heterocycles. The lowest BCUT2D eigenvalue weighted by atomic mass is 10.1. The zero-order valence-corrected chi connectivity index (χ0v) is 9.19. The van der Waals surface area contributed by atoms with Gasteiger partial charge in [0, 0.05) is 12.5 Å². The molecule has 15 heavy (non-hydrogen) atoms. The van der Waals surface area contributed by atoms with Crippen molar-refractivity contribution in [2.24, 2.45) is 0 Å². The van der Waals surface area contributed by atoms with E-state index < -0.39 is 0 Å². The molecule has 0 saturated carbocycles. The lowest BCUT2D eigenvalue weighted by Crippen LogP contribution is -2.05. The van der Waals surface area contributed by atoms with Crippen molar-refractivity contribution in [1.82, 2.24) is 0 Å². The number of carbonyl (C=O) groups is 1. The fraction of sp³-hybridized carbons (Fsp3) is 0.308. The Balaban J connectivity index is 2.38. The summed E-state index contributed by atoms with van der Waals surface area (Å²) >= 11 is 0. The molecule has 0 amide bonds. The predicted octanol–water partition coefficient (Wildman–Crippen LogP) is 2.66. The van der Waals surface area contributed by atoms with E-state index in [9.17, 15) is 4.79 Å². The molecular weight excluding hydrogens is 188 g/mol. The van der Waals surface area contributed by atoms with Crippen LogP contribution in [-0.2, 0) is 16.0 Å². The fourth-order valence-electron chi connectivity index (χ4n) is 1.34. The first-order chi connectivity index (χ1) is 7.24. The Bertz CT molecular complexity index is 353. The molecule has 0 heterocycles. The maximum Gasteiger partial charge on any atom is 0.330 e. The summed E-state index contributed by atoms with van der Waals surface area (Å²) in [6.45, 7) is 4.29. The first-order valence-electron chi connectivity index (χ1n) is 5.08. The number of hydrogen-bond donors (Lipinski definition) is 0. The second-order valence-electron chi connectivity index (χ2n) is 3.34. The lowest BCUT2D eigenvalue weighted by molar-refractivity contribution is -0.137. The van der Waals surface area contributed by atoms with E-state index >= 15 is 0 Å². The summed E-state index contributed by atoms with van der Waals surface area (Å²) in [5, 5.41) is 0. The predicted molar refractivity (Wildman–Crippen MR) is 60.7 cm³/mol. The Morgan fingerprint density at radius 3 is 2.80 bits per heavy atom. The number of aryl methyl sites for hydroxylation is 1. The van der Waals surface area contributed by atoms with E-state index in [4.69, 9.17) is 4.74 Å². The van der Waals surface area contributed by atoms with Crippen LogP contribution < -0.4 is 0 Å². The molecule has 1 rings (SSSR count). The van der Waals surface area contributed by atoms with Gasteiger partial charge in [0.15, 0.2) is 0 Å². The molecule has 80 valence electrons. The monoisotopic (exact) mass is 204 g/mol. The minimum absolute atomic E-state index is 0.272. The first-order valence-corrected chi connectivity index (χ1v) is 5.08. The van der Waals surface area contributed by atoms with Gasteiger partial charge in [0.25, 0.3) is 0 Å².